The van der Waals surface area contributed by atoms with Gasteiger partial charge in [0.05, 0.1) is 6.10 Å². The van der Waals surface area contributed by atoms with Crippen LogP contribution in [0.4, 0.5) is 0 Å². The minimum absolute atomic E-state index is 0.325. The van der Waals surface area contributed by atoms with Gasteiger partial charge in [-0.1, -0.05) is 73.2 Å². The fourth-order valence-corrected chi connectivity index (χ4v) is 2.75. The molecule has 0 saturated carbocycles. The zero-order valence-electron chi connectivity index (χ0n) is 13.6. The maximum atomic E-state index is 10.2. The lowest BCUT2D eigenvalue weighted by atomic mass is 9.92. The first-order valence-corrected chi connectivity index (χ1v) is 8.15. The van der Waals surface area contributed by atoms with Gasteiger partial charge in [0.25, 0.3) is 0 Å². The van der Waals surface area contributed by atoms with Gasteiger partial charge in [-0.15, -0.1) is 0 Å². The van der Waals surface area contributed by atoms with E-state index in [0.717, 1.165) is 31.3 Å². The molecular weight excluding hydrogens is 268 g/mol. The van der Waals surface area contributed by atoms with Crippen molar-refractivity contribution in [2.75, 3.05) is 0 Å². The van der Waals surface area contributed by atoms with E-state index in [2.05, 4.69) is 61.5 Å². The second-order valence-corrected chi connectivity index (χ2v) is 5.86. The predicted molar refractivity (Wildman–Crippen MR) is 93.9 cm³/mol. The van der Waals surface area contributed by atoms with Gasteiger partial charge in [-0.3, -0.25) is 0 Å². The SMILES string of the molecule is CCC(O)/C(C)=C(/CCc1ccccc1)Cc1ccccc1. The van der Waals surface area contributed by atoms with E-state index in [4.69, 9.17) is 0 Å². The van der Waals surface area contributed by atoms with Crippen LogP contribution in [0.5, 0.6) is 0 Å². The van der Waals surface area contributed by atoms with Gasteiger partial charge in [0, 0.05) is 0 Å². The number of allylic oxidation sites excluding steroid dienone is 1. The molecule has 2 aromatic carbocycles. The standard InChI is InChI=1S/C21H26O/c1-3-21(22)17(2)20(16-19-12-8-5-9-13-19)15-14-18-10-6-4-7-11-18/h4-13,21-22H,3,14-16H2,1-2H3/b20-17-. The lowest BCUT2D eigenvalue weighted by Crippen LogP contribution is -2.10. The number of rotatable bonds is 7. The third-order valence-corrected chi connectivity index (χ3v) is 4.26. The molecule has 0 aliphatic rings. The highest BCUT2D eigenvalue weighted by atomic mass is 16.3. The molecule has 0 saturated heterocycles. The van der Waals surface area contributed by atoms with Crippen molar-refractivity contribution in [3.05, 3.63) is 82.9 Å². The molecule has 0 fully saturated rings. The third-order valence-electron chi connectivity index (χ3n) is 4.26. The molecule has 1 atom stereocenters. The molecular formula is C21H26O. The minimum atomic E-state index is -0.325. The van der Waals surface area contributed by atoms with E-state index in [0.29, 0.717) is 0 Å². The largest absolute Gasteiger partial charge is 0.389 e. The first-order valence-electron chi connectivity index (χ1n) is 8.15. The summed E-state index contributed by atoms with van der Waals surface area (Å²) >= 11 is 0. The molecule has 0 heterocycles. The summed E-state index contributed by atoms with van der Waals surface area (Å²) in [6.07, 6.45) is 3.40. The molecule has 1 nitrogen and oxygen atoms in total. The average molecular weight is 294 g/mol. The maximum Gasteiger partial charge on any atom is 0.0747 e. The van der Waals surface area contributed by atoms with Crippen LogP contribution in [-0.4, -0.2) is 11.2 Å². The fourth-order valence-electron chi connectivity index (χ4n) is 2.75. The van der Waals surface area contributed by atoms with E-state index in [9.17, 15) is 5.11 Å². The molecule has 0 amide bonds. The topological polar surface area (TPSA) is 20.2 Å². The highest BCUT2D eigenvalue weighted by molar-refractivity contribution is 5.27. The monoisotopic (exact) mass is 294 g/mol. The normalized spacial score (nSPS) is 13.6. The number of hydrogen-bond acceptors (Lipinski definition) is 1. The van der Waals surface area contributed by atoms with E-state index < -0.39 is 0 Å². The van der Waals surface area contributed by atoms with Crippen LogP contribution in [0.1, 0.15) is 37.8 Å². The van der Waals surface area contributed by atoms with E-state index in [1.165, 1.54) is 16.7 Å². The van der Waals surface area contributed by atoms with Crippen LogP contribution in [0, 0.1) is 0 Å². The molecule has 1 N–H and O–H groups in total. The molecule has 0 radical (unpaired) electrons. The highest BCUT2D eigenvalue weighted by Gasteiger charge is 2.11. The number of benzene rings is 2. The summed E-state index contributed by atoms with van der Waals surface area (Å²) in [7, 11) is 0. The molecule has 2 aromatic rings. The summed E-state index contributed by atoms with van der Waals surface area (Å²) < 4.78 is 0. The van der Waals surface area contributed by atoms with Gasteiger partial charge < -0.3 is 5.11 Å². The highest BCUT2D eigenvalue weighted by Crippen LogP contribution is 2.21. The minimum Gasteiger partial charge on any atom is -0.389 e. The Morgan fingerprint density at radius 1 is 0.909 bits per heavy atom. The molecule has 22 heavy (non-hydrogen) atoms. The van der Waals surface area contributed by atoms with E-state index in [1.54, 1.807) is 0 Å². The smallest absolute Gasteiger partial charge is 0.0747 e. The van der Waals surface area contributed by atoms with Crippen molar-refractivity contribution < 1.29 is 5.11 Å². The predicted octanol–water partition coefficient (Wildman–Crippen LogP) is 4.95. The number of aliphatic hydroxyl groups is 1. The summed E-state index contributed by atoms with van der Waals surface area (Å²) in [6, 6.07) is 21.1. The van der Waals surface area contributed by atoms with Crippen molar-refractivity contribution in [2.24, 2.45) is 0 Å². The molecule has 1 heteroatoms. The van der Waals surface area contributed by atoms with Gasteiger partial charge in [0.15, 0.2) is 0 Å². The lowest BCUT2D eigenvalue weighted by molar-refractivity contribution is 0.205. The molecule has 0 spiro atoms. The van der Waals surface area contributed by atoms with Crippen molar-refractivity contribution in [3.8, 4) is 0 Å². The second kappa shape index (κ2) is 8.55. The van der Waals surface area contributed by atoms with Gasteiger partial charge in [-0.25, -0.2) is 0 Å². The molecule has 0 aliphatic carbocycles. The first kappa shape index (κ1) is 16.5. The molecule has 0 aliphatic heterocycles. The van der Waals surface area contributed by atoms with Crippen molar-refractivity contribution in [1.82, 2.24) is 0 Å². The van der Waals surface area contributed by atoms with E-state index >= 15 is 0 Å². The Labute approximate surface area is 134 Å². The van der Waals surface area contributed by atoms with Crippen molar-refractivity contribution in [3.63, 3.8) is 0 Å². The van der Waals surface area contributed by atoms with Crippen LogP contribution in [0.15, 0.2) is 71.8 Å². The maximum absolute atomic E-state index is 10.2. The molecule has 2 rings (SSSR count). The Kier molecular flexibility index (Phi) is 6.42. The number of aliphatic hydroxyl groups excluding tert-OH is 1. The van der Waals surface area contributed by atoms with Gasteiger partial charge in [0.1, 0.15) is 0 Å². The van der Waals surface area contributed by atoms with Crippen LogP contribution in [-0.2, 0) is 12.8 Å². The van der Waals surface area contributed by atoms with Gasteiger partial charge in [-0.05, 0) is 49.3 Å². The molecule has 116 valence electrons. The zero-order chi connectivity index (χ0) is 15.8. The van der Waals surface area contributed by atoms with E-state index in [1.807, 2.05) is 13.0 Å². The Balaban J connectivity index is 2.14. The third kappa shape index (κ3) is 4.85. The molecule has 0 aromatic heterocycles. The second-order valence-electron chi connectivity index (χ2n) is 5.86. The molecule has 0 bridgehead atoms. The Bertz CT molecular complexity index is 584. The van der Waals surface area contributed by atoms with Crippen LogP contribution < -0.4 is 0 Å². The Morgan fingerprint density at radius 3 is 2.00 bits per heavy atom. The Hall–Kier alpha value is -1.86. The van der Waals surface area contributed by atoms with Crippen LogP contribution in [0.25, 0.3) is 0 Å². The quantitative estimate of drug-likeness (QED) is 0.716. The number of aryl methyl sites for hydroxylation is 1. The Morgan fingerprint density at radius 2 is 1.45 bits per heavy atom. The lowest BCUT2D eigenvalue weighted by Gasteiger charge is -2.17. The van der Waals surface area contributed by atoms with Crippen LogP contribution in [0.2, 0.25) is 0 Å². The van der Waals surface area contributed by atoms with Crippen LogP contribution in [0.3, 0.4) is 0 Å². The van der Waals surface area contributed by atoms with Gasteiger partial charge in [-0.2, -0.15) is 0 Å². The van der Waals surface area contributed by atoms with Crippen molar-refractivity contribution in [2.45, 2.75) is 45.6 Å². The summed E-state index contributed by atoms with van der Waals surface area (Å²) in [6.45, 7) is 4.11. The van der Waals surface area contributed by atoms with Crippen molar-refractivity contribution in [1.29, 1.82) is 0 Å². The zero-order valence-corrected chi connectivity index (χ0v) is 13.6. The fraction of sp³-hybridized carbons (Fsp3) is 0.333. The summed E-state index contributed by atoms with van der Waals surface area (Å²) in [5.74, 6) is 0. The average Bonchev–Trinajstić information content (AvgIpc) is 2.59. The van der Waals surface area contributed by atoms with Gasteiger partial charge in [0.2, 0.25) is 0 Å². The van der Waals surface area contributed by atoms with Gasteiger partial charge >= 0.3 is 0 Å². The summed E-state index contributed by atoms with van der Waals surface area (Å²) in [5.41, 5.74) is 5.17. The van der Waals surface area contributed by atoms with Crippen molar-refractivity contribution >= 4 is 0 Å². The summed E-state index contributed by atoms with van der Waals surface area (Å²) in [4.78, 5) is 0. The summed E-state index contributed by atoms with van der Waals surface area (Å²) in [5, 5.41) is 10.2. The number of hydrogen-bond donors (Lipinski definition) is 1. The molecule has 1 unspecified atom stereocenters. The van der Waals surface area contributed by atoms with E-state index in [-0.39, 0.29) is 6.10 Å². The van der Waals surface area contributed by atoms with Crippen LogP contribution >= 0.6 is 0 Å². The first-order chi connectivity index (χ1) is 10.7.